The number of carbonyl (C=O) groups is 2. The zero-order valence-electron chi connectivity index (χ0n) is 23.5. The quantitative estimate of drug-likeness (QED) is 0.272. The van der Waals surface area contributed by atoms with E-state index in [0.717, 1.165) is 21.2 Å². The molecule has 0 aliphatic heterocycles. The second kappa shape index (κ2) is 14.5. The van der Waals surface area contributed by atoms with Crippen LogP contribution >= 0.6 is 15.9 Å². The summed E-state index contributed by atoms with van der Waals surface area (Å²) in [6, 6.07) is 23.8. The van der Waals surface area contributed by atoms with Gasteiger partial charge in [0.05, 0.1) is 11.9 Å². The molecule has 2 amide bonds. The number of rotatable bonds is 13. The number of amides is 2. The summed E-state index contributed by atoms with van der Waals surface area (Å²) in [5, 5.41) is 2.99. The molecular formula is C31H38BrN3O4S. The Balaban J connectivity index is 1.88. The van der Waals surface area contributed by atoms with Crippen LogP contribution in [-0.4, -0.2) is 50.0 Å². The first-order valence-electron chi connectivity index (χ1n) is 13.4. The van der Waals surface area contributed by atoms with E-state index in [2.05, 4.69) is 21.2 Å². The molecule has 0 fully saturated rings. The molecule has 0 spiro atoms. The molecular weight excluding hydrogens is 590 g/mol. The Hall–Kier alpha value is -3.17. The average molecular weight is 629 g/mol. The Morgan fingerprint density at radius 1 is 0.925 bits per heavy atom. The van der Waals surface area contributed by atoms with Crippen LogP contribution in [0.1, 0.15) is 43.4 Å². The molecule has 3 aromatic rings. The van der Waals surface area contributed by atoms with Crippen molar-refractivity contribution in [3.05, 3.63) is 100 Å². The number of aryl methyl sites for hydroxylation is 1. The van der Waals surface area contributed by atoms with Gasteiger partial charge in [-0.25, -0.2) is 8.42 Å². The van der Waals surface area contributed by atoms with Crippen molar-refractivity contribution >= 4 is 43.5 Å². The van der Waals surface area contributed by atoms with Gasteiger partial charge in [-0.1, -0.05) is 70.5 Å². The van der Waals surface area contributed by atoms with E-state index < -0.39 is 16.1 Å². The largest absolute Gasteiger partial charge is 0.352 e. The molecule has 0 aliphatic carbocycles. The number of benzene rings is 3. The molecule has 0 radical (unpaired) electrons. The Morgan fingerprint density at radius 2 is 1.60 bits per heavy atom. The molecule has 0 bridgehead atoms. The Kier molecular flexibility index (Phi) is 11.3. The normalized spacial score (nSPS) is 12.2. The molecule has 9 heteroatoms. The summed E-state index contributed by atoms with van der Waals surface area (Å²) in [6.07, 6.45) is 1.92. The zero-order chi connectivity index (χ0) is 29.3. The Labute approximate surface area is 246 Å². The van der Waals surface area contributed by atoms with E-state index in [4.69, 9.17) is 0 Å². The fourth-order valence-electron chi connectivity index (χ4n) is 4.55. The first-order chi connectivity index (χ1) is 18.9. The average Bonchev–Trinajstić information content (AvgIpc) is 2.88. The van der Waals surface area contributed by atoms with E-state index in [0.29, 0.717) is 18.5 Å². The van der Waals surface area contributed by atoms with Gasteiger partial charge in [0.1, 0.15) is 6.04 Å². The van der Waals surface area contributed by atoms with Crippen LogP contribution in [0.5, 0.6) is 0 Å². The molecule has 3 rings (SSSR count). The van der Waals surface area contributed by atoms with Crippen molar-refractivity contribution in [2.24, 2.45) is 0 Å². The van der Waals surface area contributed by atoms with Gasteiger partial charge in [-0.05, 0) is 68.1 Å². The van der Waals surface area contributed by atoms with Crippen molar-refractivity contribution in [1.29, 1.82) is 0 Å². The number of hydrogen-bond donors (Lipinski definition) is 1. The van der Waals surface area contributed by atoms with Crippen LogP contribution < -0.4 is 9.62 Å². The van der Waals surface area contributed by atoms with E-state index >= 15 is 0 Å². The highest BCUT2D eigenvalue weighted by molar-refractivity contribution is 9.10. The number of nitrogens with zero attached hydrogens (tertiary/aromatic N) is 2. The number of halogens is 1. The van der Waals surface area contributed by atoms with Crippen LogP contribution in [0.4, 0.5) is 5.69 Å². The minimum absolute atomic E-state index is 0.0894. The lowest BCUT2D eigenvalue weighted by Crippen LogP contribution is -2.51. The highest BCUT2D eigenvalue weighted by atomic mass is 79.9. The number of nitrogens with one attached hydrogen (secondary N) is 1. The fraction of sp³-hybridized carbons (Fsp3) is 0.355. The van der Waals surface area contributed by atoms with E-state index in [9.17, 15) is 18.0 Å². The van der Waals surface area contributed by atoms with E-state index in [-0.39, 0.29) is 37.4 Å². The first kappa shape index (κ1) is 31.4. The Bertz CT molecular complexity index is 1400. The van der Waals surface area contributed by atoms with Gasteiger partial charge in [0, 0.05) is 36.4 Å². The fourth-order valence-corrected chi connectivity index (χ4v) is 5.96. The minimum Gasteiger partial charge on any atom is -0.352 e. The van der Waals surface area contributed by atoms with Gasteiger partial charge in [0.15, 0.2) is 0 Å². The van der Waals surface area contributed by atoms with E-state index in [1.54, 1.807) is 11.0 Å². The van der Waals surface area contributed by atoms with E-state index in [1.807, 2.05) is 93.6 Å². The van der Waals surface area contributed by atoms with Crippen molar-refractivity contribution < 1.29 is 18.0 Å². The molecule has 40 heavy (non-hydrogen) atoms. The second-order valence-corrected chi connectivity index (χ2v) is 13.1. The molecule has 214 valence electrons. The topological polar surface area (TPSA) is 86.8 Å². The molecule has 1 unspecified atom stereocenters. The monoisotopic (exact) mass is 627 g/mol. The van der Waals surface area contributed by atoms with Gasteiger partial charge >= 0.3 is 0 Å². The molecule has 0 aliphatic rings. The van der Waals surface area contributed by atoms with Gasteiger partial charge in [-0.15, -0.1) is 0 Å². The van der Waals surface area contributed by atoms with Crippen LogP contribution in [0.15, 0.2) is 83.3 Å². The highest BCUT2D eigenvalue weighted by Crippen LogP contribution is 2.22. The molecule has 0 heterocycles. The summed E-state index contributed by atoms with van der Waals surface area (Å²) in [5.74, 6) is -0.433. The van der Waals surface area contributed by atoms with Crippen LogP contribution in [-0.2, 0) is 32.6 Å². The van der Waals surface area contributed by atoms with Gasteiger partial charge in [0.2, 0.25) is 21.8 Å². The van der Waals surface area contributed by atoms with Crippen LogP contribution in [0.3, 0.4) is 0 Å². The van der Waals surface area contributed by atoms with E-state index in [1.165, 1.54) is 10.6 Å². The van der Waals surface area contributed by atoms with Gasteiger partial charge in [-0.2, -0.15) is 0 Å². The maximum absolute atomic E-state index is 13.8. The lowest BCUT2D eigenvalue weighted by Gasteiger charge is -2.32. The van der Waals surface area contributed by atoms with Crippen molar-refractivity contribution in [2.75, 3.05) is 17.1 Å². The number of sulfonamides is 1. The summed E-state index contributed by atoms with van der Waals surface area (Å²) < 4.78 is 27.4. The first-order valence-corrected chi connectivity index (χ1v) is 16.0. The number of anilines is 1. The van der Waals surface area contributed by atoms with Crippen molar-refractivity contribution in [1.82, 2.24) is 10.2 Å². The molecule has 0 saturated heterocycles. The SMILES string of the molecule is Cc1cccc(N(CCCC(=O)N(Cc2cccc(Br)c2)C(Cc2ccccc2)C(=O)NC(C)C)S(C)(=O)=O)c1. The number of carbonyl (C=O) groups excluding carboxylic acids is 2. The molecule has 0 aromatic heterocycles. The molecule has 1 atom stereocenters. The predicted octanol–water partition coefficient (Wildman–Crippen LogP) is 5.47. The maximum Gasteiger partial charge on any atom is 0.243 e. The lowest BCUT2D eigenvalue weighted by atomic mass is 10.0. The summed E-state index contributed by atoms with van der Waals surface area (Å²) in [5.41, 5.74) is 3.35. The standard InChI is InChI=1S/C31H38BrN3O4S/c1-23(2)33-31(37)29(21-25-12-6-5-7-13-25)34(22-26-14-9-15-27(32)20-26)30(36)17-10-18-35(40(4,38)39)28-16-8-11-24(3)19-28/h5-9,11-16,19-20,23,29H,10,17-18,21-22H2,1-4H3,(H,33,37). The van der Waals surface area contributed by atoms with Gasteiger partial charge in [0.25, 0.3) is 0 Å². The molecule has 7 nitrogen and oxygen atoms in total. The second-order valence-electron chi connectivity index (χ2n) is 10.3. The maximum atomic E-state index is 13.8. The third-order valence-corrected chi connectivity index (χ3v) is 8.07. The summed E-state index contributed by atoms with van der Waals surface area (Å²) in [4.78, 5) is 29.0. The molecule has 1 N–H and O–H groups in total. The van der Waals surface area contributed by atoms with Gasteiger partial charge < -0.3 is 10.2 Å². The lowest BCUT2D eigenvalue weighted by molar-refractivity contribution is -0.141. The highest BCUT2D eigenvalue weighted by Gasteiger charge is 2.31. The summed E-state index contributed by atoms with van der Waals surface area (Å²) in [6.45, 7) is 6.09. The van der Waals surface area contributed by atoms with Crippen LogP contribution in [0, 0.1) is 6.92 Å². The number of hydrogen-bond acceptors (Lipinski definition) is 4. The van der Waals surface area contributed by atoms with Crippen LogP contribution in [0.25, 0.3) is 0 Å². The molecule has 3 aromatic carbocycles. The smallest absolute Gasteiger partial charge is 0.243 e. The Morgan fingerprint density at radius 3 is 2.23 bits per heavy atom. The minimum atomic E-state index is -3.55. The summed E-state index contributed by atoms with van der Waals surface area (Å²) >= 11 is 3.50. The predicted molar refractivity (Wildman–Crippen MR) is 165 cm³/mol. The van der Waals surface area contributed by atoms with Crippen molar-refractivity contribution in [3.63, 3.8) is 0 Å². The van der Waals surface area contributed by atoms with Crippen molar-refractivity contribution in [2.45, 2.75) is 58.7 Å². The zero-order valence-corrected chi connectivity index (χ0v) is 25.9. The third-order valence-electron chi connectivity index (χ3n) is 6.39. The van der Waals surface area contributed by atoms with Crippen molar-refractivity contribution in [3.8, 4) is 0 Å². The third kappa shape index (κ3) is 9.48. The van der Waals surface area contributed by atoms with Crippen LogP contribution in [0.2, 0.25) is 0 Å². The summed E-state index contributed by atoms with van der Waals surface area (Å²) in [7, 11) is -3.55. The molecule has 0 saturated carbocycles. The van der Waals surface area contributed by atoms with Gasteiger partial charge in [-0.3, -0.25) is 13.9 Å².